The van der Waals surface area contributed by atoms with Crippen LogP contribution in [0.2, 0.25) is 0 Å². The van der Waals surface area contributed by atoms with Crippen LogP contribution >= 0.6 is 0 Å². The number of aromatic amines is 1. The number of carbonyl (C=O) groups excluding carboxylic acids is 1. The molecule has 10 nitrogen and oxygen atoms in total. The molecule has 4 aromatic rings. The summed E-state index contributed by atoms with van der Waals surface area (Å²) in [5, 5.41) is 13.8. The molecule has 3 N–H and O–H groups in total. The average Bonchev–Trinajstić information content (AvgIpc) is 3.27. The zero-order valence-electron chi connectivity index (χ0n) is 22.8. The quantitative estimate of drug-likeness (QED) is 0.0960. The molecule has 0 saturated heterocycles. The Morgan fingerprint density at radius 3 is 2.20 bits per heavy atom. The summed E-state index contributed by atoms with van der Waals surface area (Å²) in [6.07, 6.45) is 3.10. The lowest BCUT2D eigenvalue weighted by Crippen LogP contribution is -2.17. The highest BCUT2D eigenvalue weighted by Crippen LogP contribution is 2.20. The topological polar surface area (TPSA) is 146 Å². The fraction of sp³-hybridized carbons (Fsp3) is 0.233. The summed E-state index contributed by atoms with van der Waals surface area (Å²) in [7, 11) is 0. The number of ether oxygens (including phenoxy) is 1. The van der Waals surface area contributed by atoms with Gasteiger partial charge in [-0.05, 0) is 55.2 Å². The highest BCUT2D eigenvalue weighted by Gasteiger charge is 2.18. The van der Waals surface area contributed by atoms with E-state index in [1.807, 2.05) is 49.4 Å². The van der Waals surface area contributed by atoms with Crippen molar-refractivity contribution in [2.75, 3.05) is 12.3 Å². The number of aliphatic imine (C=N–C) groups is 1. The van der Waals surface area contributed by atoms with Crippen LogP contribution < -0.4 is 11.3 Å². The Labute approximate surface area is 232 Å². The van der Waals surface area contributed by atoms with E-state index in [-0.39, 0.29) is 24.3 Å². The maximum atomic E-state index is 13.1. The van der Waals surface area contributed by atoms with Gasteiger partial charge in [-0.25, -0.2) is 4.68 Å². The Morgan fingerprint density at radius 2 is 1.62 bits per heavy atom. The van der Waals surface area contributed by atoms with Crippen molar-refractivity contribution in [2.45, 2.75) is 40.0 Å². The number of hydrogen-bond acceptors (Lipinski definition) is 7. The van der Waals surface area contributed by atoms with Crippen LogP contribution in [0.15, 0.2) is 82.6 Å². The van der Waals surface area contributed by atoms with Crippen LogP contribution in [0.5, 0.6) is 0 Å². The number of H-pyrrole nitrogens is 1. The van der Waals surface area contributed by atoms with Gasteiger partial charge in [-0.1, -0.05) is 50.2 Å². The van der Waals surface area contributed by atoms with E-state index in [2.05, 4.69) is 23.1 Å². The van der Waals surface area contributed by atoms with Crippen molar-refractivity contribution in [2.24, 2.45) is 4.99 Å². The SMILES string of the molecule is CCOC(=O)Cc1[nH]n(-c2ccc([N+](=O)[O-])cc2)c(=O)c1C=Nc1ccccc1CC.CCc1ccccc1N. The van der Waals surface area contributed by atoms with Crippen molar-refractivity contribution in [1.82, 2.24) is 9.78 Å². The van der Waals surface area contributed by atoms with Crippen LogP contribution in [0.3, 0.4) is 0 Å². The van der Waals surface area contributed by atoms with Crippen LogP contribution in [-0.4, -0.2) is 33.5 Å². The van der Waals surface area contributed by atoms with E-state index in [9.17, 15) is 19.7 Å². The van der Waals surface area contributed by atoms with Crippen molar-refractivity contribution in [3.8, 4) is 5.69 Å². The number of rotatable bonds is 9. The number of aromatic nitrogens is 2. The van der Waals surface area contributed by atoms with Gasteiger partial charge >= 0.3 is 5.97 Å². The standard InChI is InChI=1S/C22H22N4O5.C8H11N/c1-3-15-7-5-6-8-19(15)23-14-18-20(13-21(27)31-4-2)24-25(22(18)28)16-9-11-17(12-10-16)26(29)30;1-2-7-5-3-4-6-8(7)9/h5-12,14,24H,3-4,13H2,1-2H3;3-6H,2,9H2,1H3. The summed E-state index contributed by atoms with van der Waals surface area (Å²) >= 11 is 0. The van der Waals surface area contributed by atoms with E-state index in [1.165, 1.54) is 40.7 Å². The fourth-order valence-electron chi connectivity index (χ4n) is 3.95. The second kappa shape index (κ2) is 14.2. The molecule has 0 spiro atoms. The van der Waals surface area contributed by atoms with Gasteiger partial charge in [-0.3, -0.25) is 29.8 Å². The molecular formula is C30H33N5O5. The second-order valence-electron chi connectivity index (χ2n) is 8.69. The summed E-state index contributed by atoms with van der Waals surface area (Å²) in [4.78, 5) is 40.0. The third-order valence-corrected chi connectivity index (χ3v) is 6.09. The predicted molar refractivity (Wildman–Crippen MR) is 157 cm³/mol. The lowest BCUT2D eigenvalue weighted by atomic mass is 10.1. The number of esters is 1. The molecule has 0 aliphatic heterocycles. The minimum absolute atomic E-state index is 0.0898. The van der Waals surface area contributed by atoms with Gasteiger partial charge in [0, 0.05) is 24.0 Å². The van der Waals surface area contributed by atoms with E-state index in [1.54, 1.807) is 6.92 Å². The van der Waals surface area contributed by atoms with Gasteiger partial charge in [0.25, 0.3) is 11.2 Å². The number of benzene rings is 3. The Bertz CT molecular complexity index is 1540. The molecule has 0 amide bonds. The van der Waals surface area contributed by atoms with Crippen molar-refractivity contribution in [3.05, 3.63) is 116 Å². The van der Waals surface area contributed by atoms with E-state index < -0.39 is 16.5 Å². The molecule has 208 valence electrons. The van der Waals surface area contributed by atoms with Crippen LogP contribution in [0.25, 0.3) is 5.69 Å². The van der Waals surface area contributed by atoms with E-state index in [0.29, 0.717) is 11.4 Å². The number of nitrogens with one attached hydrogen (secondary N) is 1. The van der Waals surface area contributed by atoms with Gasteiger partial charge in [0.05, 0.1) is 40.6 Å². The van der Waals surface area contributed by atoms with Crippen LogP contribution in [0.4, 0.5) is 17.1 Å². The van der Waals surface area contributed by atoms with Crippen LogP contribution in [0, 0.1) is 10.1 Å². The lowest BCUT2D eigenvalue weighted by Gasteiger charge is -2.03. The molecule has 0 radical (unpaired) electrons. The summed E-state index contributed by atoms with van der Waals surface area (Å²) in [6, 6.07) is 21.0. The lowest BCUT2D eigenvalue weighted by molar-refractivity contribution is -0.384. The Kier molecular flexibility index (Phi) is 10.5. The first kappa shape index (κ1) is 29.6. The van der Waals surface area contributed by atoms with E-state index in [0.717, 1.165) is 29.8 Å². The van der Waals surface area contributed by atoms with Crippen molar-refractivity contribution >= 4 is 29.2 Å². The average molecular weight is 544 g/mol. The number of aryl methyl sites for hydroxylation is 2. The molecular weight excluding hydrogens is 510 g/mol. The molecule has 0 bridgehead atoms. The van der Waals surface area contributed by atoms with E-state index in [4.69, 9.17) is 10.5 Å². The largest absolute Gasteiger partial charge is 0.466 e. The number of hydrogen-bond donors (Lipinski definition) is 2. The molecule has 0 aliphatic rings. The molecule has 0 atom stereocenters. The zero-order chi connectivity index (χ0) is 29.1. The molecule has 0 aliphatic carbocycles. The number of nitrogens with zero attached hydrogens (tertiary/aromatic N) is 3. The molecule has 0 unspecified atom stereocenters. The number of anilines is 1. The molecule has 4 rings (SSSR count). The van der Waals surface area contributed by atoms with Gasteiger partial charge in [0.2, 0.25) is 0 Å². The molecule has 1 aromatic heterocycles. The Balaban J connectivity index is 0.000000415. The molecule has 10 heteroatoms. The number of carbonyl (C=O) groups is 1. The zero-order valence-corrected chi connectivity index (χ0v) is 22.8. The predicted octanol–water partition coefficient (Wildman–Crippen LogP) is 5.32. The van der Waals surface area contributed by atoms with Gasteiger partial charge in [0.15, 0.2) is 0 Å². The Hall–Kier alpha value is -4.99. The number of para-hydroxylation sites is 2. The number of nitrogens with two attached hydrogens (primary N) is 1. The second-order valence-corrected chi connectivity index (χ2v) is 8.69. The monoisotopic (exact) mass is 543 g/mol. The third kappa shape index (κ3) is 7.53. The van der Waals surface area contributed by atoms with Crippen LogP contribution in [0.1, 0.15) is 43.2 Å². The number of nitro groups is 1. The smallest absolute Gasteiger partial charge is 0.311 e. The number of non-ortho nitro benzene ring substituents is 1. The number of nitro benzene ring substituents is 1. The van der Waals surface area contributed by atoms with Gasteiger partial charge in [-0.15, -0.1) is 0 Å². The first-order valence-electron chi connectivity index (χ1n) is 13.0. The van der Waals surface area contributed by atoms with Gasteiger partial charge in [0.1, 0.15) is 0 Å². The molecule has 0 fully saturated rings. The summed E-state index contributed by atoms with van der Waals surface area (Å²) < 4.78 is 6.23. The van der Waals surface area contributed by atoms with E-state index >= 15 is 0 Å². The summed E-state index contributed by atoms with van der Waals surface area (Å²) in [5.41, 5.74) is 9.97. The van der Waals surface area contributed by atoms with Gasteiger partial charge in [-0.2, -0.15) is 0 Å². The van der Waals surface area contributed by atoms with Crippen molar-refractivity contribution < 1.29 is 14.5 Å². The summed E-state index contributed by atoms with van der Waals surface area (Å²) in [5.74, 6) is -0.483. The minimum Gasteiger partial charge on any atom is -0.466 e. The molecule has 3 aromatic carbocycles. The first-order valence-corrected chi connectivity index (χ1v) is 13.0. The Morgan fingerprint density at radius 1 is 1.00 bits per heavy atom. The fourth-order valence-corrected chi connectivity index (χ4v) is 3.95. The minimum atomic E-state index is -0.517. The third-order valence-electron chi connectivity index (χ3n) is 6.09. The molecule has 40 heavy (non-hydrogen) atoms. The van der Waals surface area contributed by atoms with Crippen molar-refractivity contribution in [1.29, 1.82) is 0 Å². The number of nitrogen functional groups attached to an aromatic ring is 1. The maximum Gasteiger partial charge on any atom is 0.311 e. The highest BCUT2D eigenvalue weighted by molar-refractivity contribution is 5.85. The highest BCUT2D eigenvalue weighted by atomic mass is 16.6. The van der Waals surface area contributed by atoms with Gasteiger partial charge < -0.3 is 10.5 Å². The maximum absolute atomic E-state index is 13.1. The normalized spacial score (nSPS) is 10.7. The molecule has 0 saturated carbocycles. The molecule has 1 heterocycles. The summed E-state index contributed by atoms with van der Waals surface area (Å²) in [6.45, 7) is 6.04. The first-order chi connectivity index (χ1) is 19.3. The van der Waals surface area contributed by atoms with Crippen LogP contribution in [-0.2, 0) is 28.8 Å². The van der Waals surface area contributed by atoms with Crippen molar-refractivity contribution in [3.63, 3.8) is 0 Å².